The molecule has 0 N–H and O–H groups in total. The van der Waals surface area contributed by atoms with E-state index >= 15 is 0 Å². The quantitative estimate of drug-likeness (QED) is 0.134. The number of anilines is 6. The normalized spacial score (nSPS) is 14.7. The van der Waals surface area contributed by atoms with Crippen LogP contribution in [0.2, 0.25) is 0 Å². The van der Waals surface area contributed by atoms with Crippen molar-refractivity contribution in [3.8, 4) is 61.6 Å². The maximum atomic E-state index is 9.97. The number of rotatable bonds is 9. The second-order valence-electron chi connectivity index (χ2n) is 31.9. The molecule has 18 aromatic rings. The fraction of sp³-hybridized carbons (Fsp3) is 0.118. The van der Waals surface area contributed by atoms with E-state index in [0.717, 1.165) is 144 Å². The van der Waals surface area contributed by atoms with E-state index in [9.17, 15) is 13.7 Å². The molecule has 2 aliphatic rings. The van der Waals surface area contributed by atoms with Crippen LogP contribution in [0.4, 0.5) is 34.1 Å². The molecule has 518 valence electrons. The lowest BCUT2D eigenvalue weighted by Crippen LogP contribution is -2.61. The Morgan fingerprint density at radius 3 is 1.31 bits per heavy atom. The van der Waals surface area contributed by atoms with Gasteiger partial charge in [-0.25, -0.2) is 0 Å². The van der Waals surface area contributed by atoms with Crippen LogP contribution in [0, 0.1) is 0 Å². The summed E-state index contributed by atoms with van der Waals surface area (Å²) in [6.45, 7) is 19.4. The van der Waals surface area contributed by atoms with Crippen LogP contribution in [0.3, 0.4) is 0 Å². The van der Waals surface area contributed by atoms with E-state index in [4.69, 9.17) is 4.11 Å². The summed E-state index contributed by atoms with van der Waals surface area (Å²) in [5, 5.41) is 3.87. The molecule has 0 fully saturated rings. The number of aromatic nitrogens is 3. The largest absolute Gasteiger partial charge is 0.311 e. The van der Waals surface area contributed by atoms with Crippen molar-refractivity contribution in [3.63, 3.8) is 0 Å². The highest BCUT2D eigenvalue weighted by molar-refractivity contribution is 7.00. The second kappa shape index (κ2) is 24.5. The monoisotopic (exact) mass is 1400 g/mol. The maximum Gasteiger partial charge on any atom is 0.252 e. The highest BCUT2D eigenvalue weighted by Crippen LogP contribution is 2.55. The average Bonchev–Trinajstić information content (AvgIpc) is 1.55. The van der Waals surface area contributed by atoms with E-state index < -0.39 is 78.6 Å². The zero-order chi connectivity index (χ0) is 84.4. The van der Waals surface area contributed by atoms with Gasteiger partial charge in [0.05, 0.1) is 68.0 Å². The van der Waals surface area contributed by atoms with Crippen LogP contribution in [0.15, 0.2) is 333 Å². The summed E-state index contributed by atoms with van der Waals surface area (Å²) in [4.78, 5) is 4.76. The fourth-order valence-electron chi connectivity index (χ4n) is 17.1. The lowest BCUT2D eigenvalue weighted by Gasteiger charge is -2.46. The van der Waals surface area contributed by atoms with Crippen molar-refractivity contribution in [2.75, 3.05) is 9.80 Å². The van der Waals surface area contributed by atoms with E-state index in [2.05, 4.69) is 288 Å². The molecule has 2 aliphatic heterocycles. The molecule has 15 aromatic carbocycles. The van der Waals surface area contributed by atoms with Crippen LogP contribution >= 0.6 is 0 Å². The summed E-state index contributed by atoms with van der Waals surface area (Å²) in [5.74, 6) is 0. The third-order valence-electron chi connectivity index (χ3n) is 22.4. The Bertz CT molecular complexity index is 7270. The third-order valence-corrected chi connectivity index (χ3v) is 22.4. The van der Waals surface area contributed by atoms with Gasteiger partial charge in [0, 0.05) is 77.6 Å². The Morgan fingerprint density at radius 1 is 0.269 bits per heavy atom. The molecule has 0 amide bonds. The Morgan fingerprint density at radius 2 is 0.731 bits per heavy atom. The summed E-state index contributed by atoms with van der Waals surface area (Å²) in [6, 6.07) is 83.5. The highest BCUT2D eigenvalue weighted by atomic mass is 15.2. The maximum absolute atomic E-state index is 9.97. The Labute approximate surface area is 650 Å². The molecule has 0 saturated heterocycles. The van der Waals surface area contributed by atoms with Crippen molar-refractivity contribution in [3.05, 3.63) is 350 Å². The number of fused-ring (bicyclic) bond motifs is 13. The SMILES string of the molecule is [2H]c1c([2H])c([2H])c(-c2ccc3c(c2)N(c2cc(-c4ccccc4)cc4c2c2ccccc2n4-c2ccccc2)c2cc(-n4c5ccc(C(C)(C)C)cc5c5cc(C(C)(C)C)ccc54)cc4c2B3c2ccc(-n3c5c([2H])c([2H])c([2H])c([2H])c5c5c([2H])c([2H])c([2H])c([2H])c53)cc2N4c2c(-c3ccccc3)cc(C(C)(C)C)cc2-c2ccccc2)c([2H])c1[2H]. The lowest BCUT2D eigenvalue weighted by atomic mass is 9.33. The molecule has 0 atom stereocenters. The van der Waals surface area contributed by atoms with E-state index in [1.54, 1.807) is 4.57 Å². The first kappa shape index (κ1) is 52.3. The van der Waals surface area contributed by atoms with E-state index in [1.165, 1.54) is 0 Å². The molecule has 108 heavy (non-hydrogen) atoms. The molecule has 0 radical (unpaired) electrons. The zero-order valence-electron chi connectivity index (χ0n) is 74.6. The van der Waals surface area contributed by atoms with Gasteiger partial charge in [0.2, 0.25) is 0 Å². The van der Waals surface area contributed by atoms with Gasteiger partial charge in [-0.1, -0.05) is 287 Å². The number of para-hydroxylation sites is 4. The first-order valence-corrected chi connectivity index (χ1v) is 37.1. The molecule has 0 unspecified atom stereocenters. The standard InChI is InChI=1S/C102H82BN5/c1-100(2,3)71-48-53-89-82(58-71)83-59-72(101(4,5)6)49-54-90(83)106(89)76-63-95-98-96(64-76)108(99-80(67-35-19-12-20-36-67)60-73(102(7,8)9)61-81(99)68-37-21-13-22-38-68)92-62-75(105-86-44-28-25-41-77(86)78-42-26-29-45-87(78)105)50-52-85(92)103(98)84-51-47-69(65-31-15-10-16-32-65)55-91(84)107(95)94-57-70(66-33-17-11-18-34-66)56-93-97(94)79-43-27-30-46-88(79)104(93)74-39-23-14-24-40-74/h10-64H,1-9H3/i10D,15D,16D,25D,26D,28D,29D,31D,32D,41D,42D,44D,45D. The van der Waals surface area contributed by atoms with Gasteiger partial charge in [-0.05, 0) is 192 Å². The van der Waals surface area contributed by atoms with Gasteiger partial charge in [-0.3, -0.25) is 0 Å². The van der Waals surface area contributed by atoms with Crippen molar-refractivity contribution >= 4 is 123 Å². The fourth-order valence-corrected chi connectivity index (χ4v) is 17.1. The summed E-state index contributed by atoms with van der Waals surface area (Å²) in [7, 11) is 0. The summed E-state index contributed by atoms with van der Waals surface area (Å²) < 4.78 is 130. The molecule has 0 aliphatic carbocycles. The predicted octanol–water partition coefficient (Wildman–Crippen LogP) is 25.6. The van der Waals surface area contributed by atoms with Crippen molar-refractivity contribution in [1.82, 2.24) is 13.7 Å². The minimum atomic E-state index is -0.748. The molecule has 3 aromatic heterocycles. The minimum absolute atomic E-state index is 0.0231. The molecule has 20 rings (SSSR count). The van der Waals surface area contributed by atoms with Crippen molar-refractivity contribution in [2.24, 2.45) is 0 Å². The predicted molar refractivity (Wildman–Crippen MR) is 461 cm³/mol. The number of hydrogen-bond donors (Lipinski definition) is 0. The van der Waals surface area contributed by atoms with E-state index in [1.807, 2.05) is 48.5 Å². The highest BCUT2D eigenvalue weighted by Gasteiger charge is 2.46. The average molecular weight is 1400 g/mol. The summed E-state index contributed by atoms with van der Waals surface area (Å²) in [5.41, 5.74) is 20.8. The van der Waals surface area contributed by atoms with Crippen LogP contribution in [-0.4, -0.2) is 20.4 Å². The molecular formula is C102H82BN5. The molecule has 5 nitrogen and oxygen atoms in total. The van der Waals surface area contributed by atoms with E-state index in [-0.39, 0.29) is 50.3 Å². The van der Waals surface area contributed by atoms with Crippen LogP contribution in [0.25, 0.3) is 127 Å². The molecule has 0 bridgehead atoms. The topological polar surface area (TPSA) is 21.3 Å². The first-order valence-electron chi connectivity index (χ1n) is 43.6. The van der Waals surface area contributed by atoms with Gasteiger partial charge in [-0.15, -0.1) is 0 Å². The number of hydrogen-bond acceptors (Lipinski definition) is 2. The van der Waals surface area contributed by atoms with Gasteiger partial charge >= 0.3 is 0 Å². The van der Waals surface area contributed by atoms with Crippen LogP contribution < -0.4 is 26.2 Å². The van der Waals surface area contributed by atoms with Crippen LogP contribution in [0.1, 0.15) is 96.8 Å². The minimum Gasteiger partial charge on any atom is -0.311 e. The van der Waals surface area contributed by atoms with Gasteiger partial charge in [-0.2, -0.15) is 0 Å². The van der Waals surface area contributed by atoms with Gasteiger partial charge in [0.25, 0.3) is 6.71 Å². The van der Waals surface area contributed by atoms with Gasteiger partial charge in [0.1, 0.15) is 0 Å². The summed E-state index contributed by atoms with van der Waals surface area (Å²) in [6.07, 6.45) is 0. The molecule has 5 heterocycles. The lowest BCUT2D eigenvalue weighted by molar-refractivity contribution is 0.590. The molecular weight excluding hydrogens is 1310 g/mol. The molecule has 0 spiro atoms. The summed E-state index contributed by atoms with van der Waals surface area (Å²) >= 11 is 0. The van der Waals surface area contributed by atoms with Gasteiger partial charge < -0.3 is 23.5 Å². The molecule has 6 heteroatoms. The van der Waals surface area contributed by atoms with Crippen molar-refractivity contribution < 1.29 is 17.8 Å². The second-order valence-corrected chi connectivity index (χ2v) is 31.9. The zero-order valence-corrected chi connectivity index (χ0v) is 61.6. The number of benzene rings is 15. The van der Waals surface area contributed by atoms with Crippen LogP contribution in [-0.2, 0) is 16.2 Å². The third kappa shape index (κ3) is 10.3. The molecule has 0 saturated carbocycles. The Hall–Kier alpha value is -12.6. The first-order chi connectivity index (χ1) is 57.9. The van der Waals surface area contributed by atoms with Crippen LogP contribution in [0.5, 0.6) is 0 Å². The van der Waals surface area contributed by atoms with Gasteiger partial charge in [0.15, 0.2) is 0 Å². The van der Waals surface area contributed by atoms with Crippen molar-refractivity contribution in [2.45, 2.75) is 78.6 Å². The Balaban J connectivity index is 1.04. The van der Waals surface area contributed by atoms with Crippen molar-refractivity contribution in [1.29, 1.82) is 0 Å². The Kier molecular flexibility index (Phi) is 11.9. The smallest absolute Gasteiger partial charge is 0.252 e. The van der Waals surface area contributed by atoms with E-state index in [0.29, 0.717) is 22.6 Å². The number of nitrogens with zero attached hydrogens (tertiary/aromatic N) is 5.